The summed E-state index contributed by atoms with van der Waals surface area (Å²) in [5.74, 6) is -0.814. The summed E-state index contributed by atoms with van der Waals surface area (Å²) < 4.78 is 0. The van der Waals surface area contributed by atoms with Crippen LogP contribution in [0.25, 0.3) is 0 Å². The maximum absolute atomic E-state index is 12.8. The van der Waals surface area contributed by atoms with E-state index in [-0.39, 0.29) is 73.1 Å². The number of carbonyl (C=O) groups is 4. The number of ketones is 2. The predicted octanol–water partition coefficient (Wildman–Crippen LogP) is 6.77. The zero-order chi connectivity index (χ0) is 38.8. The van der Waals surface area contributed by atoms with Gasteiger partial charge in [-0.3, -0.25) is 19.2 Å². The Balaban J connectivity index is 0.000000208. The van der Waals surface area contributed by atoms with Crippen LogP contribution in [0.4, 0.5) is 0 Å². The second-order valence-corrected chi connectivity index (χ2v) is 15.2. The van der Waals surface area contributed by atoms with E-state index in [9.17, 15) is 29.4 Å². The number of aliphatic hydroxyl groups excluding tert-OH is 2. The zero-order valence-corrected chi connectivity index (χ0v) is 32.3. The molecule has 0 radical (unpaired) electrons. The van der Waals surface area contributed by atoms with Gasteiger partial charge in [0.2, 0.25) is 11.8 Å². The fourth-order valence-corrected chi connectivity index (χ4v) is 7.68. The van der Waals surface area contributed by atoms with Gasteiger partial charge in [0, 0.05) is 73.7 Å². The number of nitrogens with zero attached hydrogens (tertiary/aromatic N) is 2. The molecular weight excluding hydrogens is 723 g/mol. The van der Waals surface area contributed by atoms with Crippen LogP contribution in [-0.4, -0.2) is 82.8 Å². The summed E-state index contributed by atoms with van der Waals surface area (Å²) in [6, 6.07) is 30.7. The number of rotatable bonds is 14. The molecule has 8 nitrogen and oxygen atoms in total. The van der Waals surface area contributed by atoms with Gasteiger partial charge in [0.1, 0.15) is 11.6 Å². The Morgan fingerprint density at radius 2 is 0.907 bits per heavy atom. The molecule has 284 valence electrons. The largest absolute Gasteiger partial charge is 0.395 e. The van der Waals surface area contributed by atoms with Crippen molar-refractivity contribution < 1.29 is 29.4 Å². The summed E-state index contributed by atoms with van der Waals surface area (Å²) >= 11 is 11.8. The van der Waals surface area contributed by atoms with E-state index in [4.69, 9.17) is 23.2 Å². The molecule has 2 N–H and O–H groups in total. The van der Waals surface area contributed by atoms with Crippen molar-refractivity contribution in [2.75, 3.05) is 39.4 Å². The summed E-state index contributed by atoms with van der Waals surface area (Å²) in [5, 5.41) is 19.8. The first-order valence-corrected chi connectivity index (χ1v) is 19.2. The summed E-state index contributed by atoms with van der Waals surface area (Å²) in [5.41, 5.74) is 6.25. The van der Waals surface area contributed by atoms with Crippen LogP contribution in [0.5, 0.6) is 0 Å². The lowest BCUT2D eigenvalue weighted by Crippen LogP contribution is -2.30. The number of Topliss-reactive ketones (excluding diaryl/α,β-unsaturated/α-hetero) is 2. The van der Waals surface area contributed by atoms with Gasteiger partial charge in [-0.2, -0.15) is 0 Å². The first-order chi connectivity index (χ1) is 25.9. The second-order valence-electron chi connectivity index (χ2n) is 14.4. The highest BCUT2D eigenvalue weighted by molar-refractivity contribution is 6.30. The number of likely N-dealkylation sites (tertiary alicyclic amines) is 2. The summed E-state index contributed by atoms with van der Waals surface area (Å²) in [6.45, 7) is 5.61. The normalized spacial score (nSPS) is 19.5. The maximum atomic E-state index is 12.8. The van der Waals surface area contributed by atoms with E-state index < -0.39 is 0 Å². The third-order valence-corrected chi connectivity index (χ3v) is 10.8. The minimum Gasteiger partial charge on any atom is -0.395 e. The van der Waals surface area contributed by atoms with Gasteiger partial charge in [-0.25, -0.2) is 0 Å². The van der Waals surface area contributed by atoms with Gasteiger partial charge in [0.25, 0.3) is 0 Å². The Morgan fingerprint density at radius 1 is 0.574 bits per heavy atom. The average molecular weight is 772 g/mol. The SMILES string of the molecule is Cc1ccc(C2CN(CCO)C(=O)C2CC(=O)Cc2ccc(Cl)cc2)cc1.Cc1ccc(C2CN(CCO)C(=O)C2CC(=O)Cc2ccc(Cl)cc2)cc1. The van der Waals surface area contributed by atoms with Gasteiger partial charge in [-0.15, -0.1) is 0 Å². The molecule has 2 aliphatic heterocycles. The fraction of sp³-hybridized carbons (Fsp3) is 0.364. The molecule has 54 heavy (non-hydrogen) atoms. The summed E-state index contributed by atoms with van der Waals surface area (Å²) in [4.78, 5) is 54.3. The van der Waals surface area contributed by atoms with Crippen molar-refractivity contribution in [1.29, 1.82) is 0 Å². The molecule has 2 heterocycles. The Labute approximate surface area is 327 Å². The summed E-state index contributed by atoms with van der Waals surface area (Å²) in [7, 11) is 0. The lowest BCUT2D eigenvalue weighted by molar-refractivity contribution is -0.134. The molecule has 0 bridgehead atoms. The van der Waals surface area contributed by atoms with Gasteiger partial charge in [0.15, 0.2) is 0 Å². The number of benzene rings is 4. The molecule has 4 aromatic rings. The monoisotopic (exact) mass is 770 g/mol. The predicted molar refractivity (Wildman–Crippen MR) is 212 cm³/mol. The van der Waals surface area contributed by atoms with E-state index >= 15 is 0 Å². The molecule has 2 amide bonds. The molecule has 2 fully saturated rings. The molecule has 10 heteroatoms. The third-order valence-electron chi connectivity index (χ3n) is 10.3. The first kappa shape index (κ1) is 40.8. The highest BCUT2D eigenvalue weighted by Crippen LogP contribution is 2.37. The highest BCUT2D eigenvalue weighted by Gasteiger charge is 2.42. The minimum absolute atomic E-state index is 0.0289. The van der Waals surface area contributed by atoms with Crippen molar-refractivity contribution in [3.63, 3.8) is 0 Å². The second kappa shape index (κ2) is 19.3. The van der Waals surface area contributed by atoms with Gasteiger partial charge in [-0.1, -0.05) is 107 Å². The van der Waals surface area contributed by atoms with Crippen molar-refractivity contribution in [2.24, 2.45) is 11.8 Å². The van der Waals surface area contributed by atoms with Crippen LogP contribution in [0.1, 0.15) is 58.1 Å². The number of hydrogen-bond donors (Lipinski definition) is 2. The quantitative estimate of drug-likeness (QED) is 0.146. The van der Waals surface area contributed by atoms with E-state index in [0.29, 0.717) is 49.1 Å². The van der Waals surface area contributed by atoms with Gasteiger partial charge < -0.3 is 20.0 Å². The van der Waals surface area contributed by atoms with Crippen LogP contribution in [-0.2, 0) is 32.0 Å². The van der Waals surface area contributed by atoms with Crippen molar-refractivity contribution in [3.8, 4) is 0 Å². The van der Waals surface area contributed by atoms with Gasteiger partial charge >= 0.3 is 0 Å². The molecule has 2 aliphatic rings. The third kappa shape index (κ3) is 10.9. The van der Waals surface area contributed by atoms with Crippen molar-refractivity contribution >= 4 is 46.6 Å². The van der Waals surface area contributed by atoms with Crippen LogP contribution in [0.3, 0.4) is 0 Å². The molecule has 6 rings (SSSR count). The maximum Gasteiger partial charge on any atom is 0.226 e. The van der Waals surface area contributed by atoms with Gasteiger partial charge in [-0.05, 0) is 60.4 Å². The number of halogens is 2. The number of β-amino-alcohol motifs (C(OH)–C–C–N with tert-alkyl or cyclic N) is 2. The molecule has 0 spiro atoms. The van der Waals surface area contributed by atoms with Crippen molar-refractivity contribution in [2.45, 2.75) is 51.4 Å². The van der Waals surface area contributed by atoms with Crippen LogP contribution in [0.15, 0.2) is 97.1 Å². The number of aliphatic hydroxyl groups is 2. The Bertz CT molecular complexity index is 1740. The molecule has 0 aromatic heterocycles. The number of aryl methyl sites for hydroxylation is 2. The Kier molecular flexibility index (Phi) is 14.6. The lowest BCUT2D eigenvalue weighted by Gasteiger charge is -2.17. The molecular formula is C44H48Cl2N2O6. The van der Waals surface area contributed by atoms with Crippen LogP contribution >= 0.6 is 23.2 Å². The molecule has 4 unspecified atom stereocenters. The Morgan fingerprint density at radius 3 is 1.22 bits per heavy atom. The van der Waals surface area contributed by atoms with E-state index in [1.165, 1.54) is 0 Å². The molecule has 4 aromatic carbocycles. The first-order valence-electron chi connectivity index (χ1n) is 18.4. The summed E-state index contributed by atoms with van der Waals surface area (Å²) in [6.07, 6.45) is 1.01. The topological polar surface area (TPSA) is 115 Å². The van der Waals surface area contributed by atoms with Crippen LogP contribution < -0.4 is 0 Å². The van der Waals surface area contributed by atoms with E-state index in [0.717, 1.165) is 33.4 Å². The van der Waals surface area contributed by atoms with Crippen molar-refractivity contribution in [1.82, 2.24) is 9.80 Å². The lowest BCUT2D eigenvalue weighted by atomic mass is 9.84. The standard InChI is InChI=1S/2C22H24ClNO3/c2*1-15-2-6-17(7-3-15)21-14-24(10-11-25)22(27)20(21)13-19(26)12-16-4-8-18(23)9-5-16/h2*2-9,20-21,25H,10-14H2,1H3. The zero-order valence-electron chi connectivity index (χ0n) is 30.8. The van der Waals surface area contributed by atoms with Gasteiger partial charge in [0.05, 0.1) is 25.0 Å². The van der Waals surface area contributed by atoms with E-state index in [2.05, 4.69) is 0 Å². The molecule has 4 atom stereocenters. The smallest absolute Gasteiger partial charge is 0.226 e. The number of hydrogen-bond acceptors (Lipinski definition) is 6. The van der Waals surface area contributed by atoms with Crippen molar-refractivity contribution in [3.05, 3.63) is 140 Å². The Hall–Kier alpha value is -4.34. The number of carbonyl (C=O) groups excluding carboxylic acids is 4. The van der Waals surface area contributed by atoms with Crippen LogP contribution in [0.2, 0.25) is 10.0 Å². The minimum atomic E-state index is -0.376. The van der Waals surface area contributed by atoms with E-state index in [1.54, 1.807) is 34.1 Å². The highest BCUT2D eigenvalue weighted by atomic mass is 35.5. The fourth-order valence-electron chi connectivity index (χ4n) is 7.42. The number of amides is 2. The molecule has 2 saturated heterocycles. The molecule has 0 saturated carbocycles. The van der Waals surface area contributed by atoms with Crippen LogP contribution in [0, 0.1) is 25.7 Å². The van der Waals surface area contributed by atoms with E-state index in [1.807, 2.05) is 86.6 Å². The molecule has 0 aliphatic carbocycles. The average Bonchev–Trinajstić information content (AvgIpc) is 3.62.